The number of halogens is 1. The van der Waals surface area contributed by atoms with E-state index in [-0.39, 0.29) is 5.91 Å². The summed E-state index contributed by atoms with van der Waals surface area (Å²) in [5.74, 6) is 0.175. The van der Waals surface area contributed by atoms with Gasteiger partial charge in [0.15, 0.2) is 5.13 Å². The van der Waals surface area contributed by atoms with Crippen molar-refractivity contribution in [1.29, 1.82) is 0 Å². The van der Waals surface area contributed by atoms with E-state index in [0.717, 1.165) is 10.2 Å². The number of pyridine rings is 1. The number of amides is 1. The fourth-order valence-corrected chi connectivity index (χ4v) is 1.95. The highest BCUT2D eigenvalue weighted by atomic mass is 79.9. The second-order valence-electron chi connectivity index (χ2n) is 3.29. The van der Waals surface area contributed by atoms with E-state index < -0.39 is 0 Å². The quantitative estimate of drug-likeness (QED) is 0.892. The van der Waals surface area contributed by atoms with E-state index in [0.29, 0.717) is 16.6 Å². The van der Waals surface area contributed by atoms with Crippen LogP contribution in [0.25, 0.3) is 0 Å². The third-order valence-corrected chi connectivity index (χ3v) is 3.53. The molecule has 1 amide bonds. The van der Waals surface area contributed by atoms with Crippen molar-refractivity contribution in [3.8, 4) is 0 Å². The Balaban J connectivity index is 2.15. The third kappa shape index (κ3) is 2.80. The van der Waals surface area contributed by atoms with Gasteiger partial charge in [0.2, 0.25) is 0 Å². The van der Waals surface area contributed by atoms with Crippen LogP contribution >= 0.6 is 27.3 Å². The Morgan fingerprint density at radius 1 is 1.47 bits per heavy atom. The molecule has 0 aliphatic rings. The van der Waals surface area contributed by atoms with Gasteiger partial charge in [0.25, 0.3) is 5.91 Å². The summed E-state index contributed by atoms with van der Waals surface area (Å²) in [6.07, 6.45) is 0. The van der Waals surface area contributed by atoms with Gasteiger partial charge in [-0.15, -0.1) is 11.3 Å². The molecule has 7 heteroatoms. The number of carbonyl (C=O) groups excluding carboxylic acids is 1. The molecule has 0 atom stereocenters. The summed E-state index contributed by atoms with van der Waals surface area (Å²) in [6.45, 7) is 1.85. The number of nitrogens with zero attached hydrogens (tertiary/aromatic N) is 2. The number of aryl methyl sites for hydroxylation is 1. The Bertz CT molecular complexity index is 569. The molecule has 2 heterocycles. The monoisotopic (exact) mass is 312 g/mol. The Morgan fingerprint density at radius 2 is 2.24 bits per heavy atom. The largest absolute Gasteiger partial charge is 0.375 e. The molecule has 0 unspecified atom stereocenters. The molecule has 0 aromatic carbocycles. The Morgan fingerprint density at radius 3 is 2.82 bits per heavy atom. The first-order chi connectivity index (χ1) is 8.06. The number of nitrogens with one attached hydrogen (secondary N) is 1. The Hall–Kier alpha value is -1.47. The molecular weight excluding hydrogens is 304 g/mol. The maximum Gasteiger partial charge on any atom is 0.276 e. The van der Waals surface area contributed by atoms with Crippen LogP contribution in [0.2, 0.25) is 0 Å². The SMILES string of the molecule is Cc1nc(NC(=O)c2csc(N)n2)ccc1Br. The average molecular weight is 313 g/mol. The summed E-state index contributed by atoms with van der Waals surface area (Å²) >= 11 is 4.57. The minimum absolute atomic E-state index is 0.301. The number of carbonyl (C=O) groups is 1. The van der Waals surface area contributed by atoms with Crippen molar-refractivity contribution in [1.82, 2.24) is 9.97 Å². The second kappa shape index (κ2) is 4.80. The lowest BCUT2D eigenvalue weighted by atomic mass is 10.3. The van der Waals surface area contributed by atoms with E-state index in [9.17, 15) is 4.79 Å². The number of rotatable bonds is 2. The van der Waals surface area contributed by atoms with E-state index in [4.69, 9.17) is 5.73 Å². The third-order valence-electron chi connectivity index (χ3n) is 2.02. The molecular formula is C10H9BrN4OS. The lowest BCUT2D eigenvalue weighted by molar-refractivity contribution is 0.102. The van der Waals surface area contributed by atoms with Crippen LogP contribution in [0, 0.1) is 6.92 Å². The van der Waals surface area contributed by atoms with Crippen molar-refractivity contribution in [2.75, 3.05) is 11.1 Å². The summed E-state index contributed by atoms with van der Waals surface area (Å²) in [7, 11) is 0. The molecule has 0 aliphatic carbocycles. The number of hydrogen-bond acceptors (Lipinski definition) is 5. The fourth-order valence-electron chi connectivity index (χ4n) is 1.19. The van der Waals surface area contributed by atoms with Gasteiger partial charge in [-0.05, 0) is 35.0 Å². The van der Waals surface area contributed by atoms with Gasteiger partial charge in [-0.1, -0.05) is 0 Å². The number of thiazole rings is 1. The first-order valence-corrected chi connectivity index (χ1v) is 6.39. The smallest absolute Gasteiger partial charge is 0.276 e. The molecule has 2 aromatic rings. The van der Waals surface area contributed by atoms with Gasteiger partial charge in [-0.3, -0.25) is 4.79 Å². The number of nitrogens with two attached hydrogens (primary N) is 1. The molecule has 2 rings (SSSR count). The fraction of sp³-hybridized carbons (Fsp3) is 0.100. The molecule has 0 bridgehead atoms. The molecule has 0 spiro atoms. The van der Waals surface area contributed by atoms with Gasteiger partial charge < -0.3 is 11.1 Å². The zero-order valence-electron chi connectivity index (χ0n) is 8.90. The highest BCUT2D eigenvalue weighted by Crippen LogP contribution is 2.17. The minimum Gasteiger partial charge on any atom is -0.375 e. The molecule has 17 heavy (non-hydrogen) atoms. The first-order valence-electron chi connectivity index (χ1n) is 4.72. The molecule has 0 radical (unpaired) electrons. The van der Waals surface area contributed by atoms with Gasteiger partial charge in [-0.25, -0.2) is 9.97 Å². The first kappa shape index (κ1) is 12.0. The van der Waals surface area contributed by atoms with E-state index in [2.05, 4.69) is 31.2 Å². The topological polar surface area (TPSA) is 80.9 Å². The Labute approximate surface area is 110 Å². The van der Waals surface area contributed by atoms with Crippen molar-refractivity contribution in [3.63, 3.8) is 0 Å². The van der Waals surface area contributed by atoms with Crippen LogP contribution < -0.4 is 11.1 Å². The normalized spacial score (nSPS) is 10.2. The predicted molar refractivity (Wildman–Crippen MR) is 71.2 cm³/mol. The van der Waals surface area contributed by atoms with Crippen LogP contribution in [-0.2, 0) is 0 Å². The van der Waals surface area contributed by atoms with Crippen LogP contribution in [0.1, 0.15) is 16.2 Å². The number of anilines is 2. The molecule has 0 saturated carbocycles. The molecule has 2 aromatic heterocycles. The average Bonchev–Trinajstić information content (AvgIpc) is 2.70. The van der Waals surface area contributed by atoms with Crippen molar-refractivity contribution in [2.45, 2.75) is 6.92 Å². The van der Waals surface area contributed by atoms with Crippen LogP contribution in [0.5, 0.6) is 0 Å². The van der Waals surface area contributed by atoms with Crippen molar-refractivity contribution >= 4 is 44.1 Å². The van der Waals surface area contributed by atoms with E-state index in [1.165, 1.54) is 11.3 Å². The second-order valence-corrected chi connectivity index (χ2v) is 5.03. The lowest BCUT2D eigenvalue weighted by Gasteiger charge is -2.04. The van der Waals surface area contributed by atoms with Gasteiger partial charge in [0.05, 0.1) is 5.69 Å². The number of hydrogen-bond donors (Lipinski definition) is 2. The molecule has 0 fully saturated rings. The summed E-state index contributed by atoms with van der Waals surface area (Å²) in [5, 5.41) is 4.64. The molecule has 3 N–H and O–H groups in total. The van der Waals surface area contributed by atoms with E-state index >= 15 is 0 Å². The van der Waals surface area contributed by atoms with E-state index in [1.54, 1.807) is 11.4 Å². The molecule has 5 nitrogen and oxygen atoms in total. The standard InChI is InChI=1S/C10H9BrN4OS/c1-5-6(11)2-3-8(13-5)15-9(16)7-4-17-10(12)14-7/h2-4H,1H3,(H2,12,14)(H,13,15,16). The van der Waals surface area contributed by atoms with Crippen LogP contribution in [-0.4, -0.2) is 15.9 Å². The zero-order valence-corrected chi connectivity index (χ0v) is 11.3. The maximum atomic E-state index is 11.7. The van der Waals surface area contributed by atoms with Crippen molar-refractivity contribution < 1.29 is 4.79 Å². The minimum atomic E-state index is -0.313. The lowest BCUT2D eigenvalue weighted by Crippen LogP contribution is -2.13. The highest BCUT2D eigenvalue weighted by molar-refractivity contribution is 9.10. The van der Waals surface area contributed by atoms with Gasteiger partial charge in [0.1, 0.15) is 11.5 Å². The van der Waals surface area contributed by atoms with Gasteiger partial charge >= 0.3 is 0 Å². The zero-order chi connectivity index (χ0) is 12.4. The van der Waals surface area contributed by atoms with E-state index in [1.807, 2.05) is 13.0 Å². The summed E-state index contributed by atoms with van der Waals surface area (Å²) in [4.78, 5) is 19.9. The molecule has 88 valence electrons. The predicted octanol–water partition coefficient (Wildman–Crippen LogP) is 2.44. The molecule has 0 saturated heterocycles. The van der Waals surface area contributed by atoms with Gasteiger partial charge in [0, 0.05) is 9.85 Å². The van der Waals surface area contributed by atoms with Crippen LogP contribution in [0.4, 0.5) is 10.9 Å². The molecule has 0 aliphatic heterocycles. The van der Waals surface area contributed by atoms with Crippen molar-refractivity contribution in [2.24, 2.45) is 0 Å². The van der Waals surface area contributed by atoms with Crippen LogP contribution in [0.15, 0.2) is 22.0 Å². The summed E-state index contributed by atoms with van der Waals surface area (Å²) in [6, 6.07) is 3.54. The highest BCUT2D eigenvalue weighted by Gasteiger charge is 2.10. The van der Waals surface area contributed by atoms with Gasteiger partial charge in [-0.2, -0.15) is 0 Å². The maximum absolute atomic E-state index is 11.7. The van der Waals surface area contributed by atoms with Crippen LogP contribution in [0.3, 0.4) is 0 Å². The Kier molecular flexibility index (Phi) is 3.39. The summed E-state index contributed by atoms with van der Waals surface area (Å²) in [5.41, 5.74) is 6.57. The summed E-state index contributed by atoms with van der Waals surface area (Å²) < 4.78 is 0.897. The van der Waals surface area contributed by atoms with Crippen molar-refractivity contribution in [3.05, 3.63) is 33.4 Å². The number of nitrogen functional groups attached to an aromatic ring is 1. The number of aromatic nitrogens is 2.